The Kier molecular flexibility index (Phi) is 9.04. The molecule has 2 fully saturated rings. The zero-order valence-electron chi connectivity index (χ0n) is 14.2. The Morgan fingerprint density at radius 3 is 1.46 bits per heavy atom. The molecule has 0 N–H and O–H groups in total. The van der Waals surface area contributed by atoms with Gasteiger partial charge in [0.05, 0.1) is 52.7 Å². The van der Waals surface area contributed by atoms with Crippen molar-refractivity contribution >= 4 is 11.9 Å². The zero-order valence-corrected chi connectivity index (χ0v) is 14.2. The van der Waals surface area contributed by atoms with E-state index in [4.69, 9.17) is 18.9 Å². The van der Waals surface area contributed by atoms with Crippen LogP contribution >= 0.6 is 0 Å². The van der Waals surface area contributed by atoms with E-state index in [-0.39, 0.29) is 11.9 Å². The van der Waals surface area contributed by atoms with E-state index in [1.807, 2.05) is 9.80 Å². The number of carbonyl (C=O) groups excluding carboxylic acids is 2. The average Bonchev–Trinajstić information content (AvgIpc) is 2.60. The first-order valence-electron chi connectivity index (χ1n) is 8.65. The van der Waals surface area contributed by atoms with Crippen molar-refractivity contribution in [1.29, 1.82) is 0 Å². The molecular weight excluding hydrogens is 316 g/mol. The molecule has 8 nitrogen and oxygen atoms in total. The summed E-state index contributed by atoms with van der Waals surface area (Å²) in [6.07, 6.45) is 1.39. The van der Waals surface area contributed by atoms with E-state index < -0.39 is 0 Å². The summed E-state index contributed by atoms with van der Waals surface area (Å²) in [7, 11) is 0. The van der Waals surface area contributed by atoms with E-state index in [0.717, 1.165) is 26.2 Å². The lowest BCUT2D eigenvalue weighted by Gasteiger charge is -2.25. The third-order valence-electron chi connectivity index (χ3n) is 3.98. The van der Waals surface area contributed by atoms with Crippen LogP contribution in [0.1, 0.15) is 12.8 Å². The van der Waals surface area contributed by atoms with Gasteiger partial charge in [0.2, 0.25) is 0 Å². The van der Waals surface area contributed by atoms with Crippen LogP contribution < -0.4 is 0 Å². The summed E-state index contributed by atoms with van der Waals surface area (Å²) < 4.78 is 20.8. The van der Waals surface area contributed by atoms with E-state index in [0.29, 0.717) is 65.6 Å². The number of hydrogen-bond donors (Lipinski definition) is 0. The highest BCUT2D eigenvalue weighted by molar-refractivity contribution is 5.72. The second-order valence-electron chi connectivity index (χ2n) is 5.93. The predicted octanol–water partition coefficient (Wildman–Crippen LogP) is -0.483. The summed E-state index contributed by atoms with van der Waals surface area (Å²) >= 11 is 0. The predicted molar refractivity (Wildman–Crippen MR) is 85.7 cm³/mol. The average molecular weight is 344 g/mol. The monoisotopic (exact) mass is 344 g/mol. The zero-order chi connectivity index (χ0) is 17.0. The van der Waals surface area contributed by atoms with Crippen LogP contribution in [0.3, 0.4) is 0 Å². The molecule has 0 bridgehead atoms. The van der Waals surface area contributed by atoms with Crippen molar-refractivity contribution in [2.45, 2.75) is 12.8 Å². The third kappa shape index (κ3) is 8.05. The molecule has 0 aromatic carbocycles. The molecule has 2 aliphatic heterocycles. The molecule has 2 aliphatic rings. The van der Waals surface area contributed by atoms with Gasteiger partial charge in [0.1, 0.15) is 0 Å². The van der Waals surface area contributed by atoms with Crippen LogP contribution in [0.15, 0.2) is 0 Å². The number of rotatable bonds is 9. The van der Waals surface area contributed by atoms with Crippen LogP contribution in [0.5, 0.6) is 0 Å². The standard InChI is InChI=1S/C16H28N2O6/c19-15(13-17-3-9-21-10-4-17)23-7-1-2-8-24-16(20)14-18-5-11-22-12-6-18/h1-14H2. The van der Waals surface area contributed by atoms with Gasteiger partial charge in [-0.15, -0.1) is 0 Å². The van der Waals surface area contributed by atoms with Gasteiger partial charge in [-0.05, 0) is 12.8 Å². The smallest absolute Gasteiger partial charge is 0.320 e. The fourth-order valence-electron chi connectivity index (χ4n) is 2.55. The SMILES string of the molecule is O=C(CN1CCOCC1)OCCCCOC(=O)CN1CCOCC1. The first kappa shape index (κ1) is 19.1. The van der Waals surface area contributed by atoms with Gasteiger partial charge in [0.15, 0.2) is 0 Å². The first-order chi connectivity index (χ1) is 11.7. The Labute approximate surface area is 142 Å². The molecular formula is C16H28N2O6. The summed E-state index contributed by atoms with van der Waals surface area (Å²) in [5, 5.41) is 0. The highest BCUT2D eigenvalue weighted by atomic mass is 16.5. The molecule has 2 saturated heterocycles. The summed E-state index contributed by atoms with van der Waals surface area (Å²) in [6.45, 7) is 7.13. The normalized spacial score (nSPS) is 19.8. The molecule has 0 atom stereocenters. The number of hydrogen-bond acceptors (Lipinski definition) is 8. The lowest BCUT2D eigenvalue weighted by molar-refractivity contribution is -0.148. The number of morpholine rings is 2. The van der Waals surface area contributed by atoms with Crippen molar-refractivity contribution in [2.24, 2.45) is 0 Å². The Morgan fingerprint density at radius 1 is 0.708 bits per heavy atom. The first-order valence-corrected chi connectivity index (χ1v) is 8.65. The van der Waals surface area contributed by atoms with Gasteiger partial charge < -0.3 is 18.9 Å². The number of ether oxygens (including phenoxy) is 4. The van der Waals surface area contributed by atoms with E-state index in [2.05, 4.69) is 0 Å². The lowest BCUT2D eigenvalue weighted by Crippen LogP contribution is -2.40. The van der Waals surface area contributed by atoms with Crippen molar-refractivity contribution in [3.8, 4) is 0 Å². The highest BCUT2D eigenvalue weighted by Crippen LogP contribution is 2.00. The fraction of sp³-hybridized carbons (Fsp3) is 0.875. The van der Waals surface area contributed by atoms with Gasteiger partial charge in [-0.3, -0.25) is 19.4 Å². The molecule has 2 heterocycles. The number of carbonyl (C=O) groups is 2. The Morgan fingerprint density at radius 2 is 1.08 bits per heavy atom. The van der Waals surface area contributed by atoms with E-state index >= 15 is 0 Å². The number of esters is 2. The molecule has 0 spiro atoms. The quantitative estimate of drug-likeness (QED) is 0.410. The minimum absolute atomic E-state index is 0.207. The van der Waals surface area contributed by atoms with Crippen molar-refractivity contribution in [3.05, 3.63) is 0 Å². The van der Waals surface area contributed by atoms with Gasteiger partial charge in [-0.2, -0.15) is 0 Å². The van der Waals surface area contributed by atoms with Gasteiger partial charge in [0.25, 0.3) is 0 Å². The van der Waals surface area contributed by atoms with Crippen LogP contribution in [0.2, 0.25) is 0 Å². The minimum Gasteiger partial charge on any atom is -0.465 e. The van der Waals surface area contributed by atoms with Crippen molar-refractivity contribution in [2.75, 3.05) is 78.9 Å². The van der Waals surface area contributed by atoms with E-state index in [1.165, 1.54) is 0 Å². The molecule has 2 rings (SSSR count). The Bertz CT molecular complexity index is 345. The Balaban J connectivity index is 1.41. The van der Waals surface area contributed by atoms with Gasteiger partial charge in [-0.25, -0.2) is 0 Å². The molecule has 0 saturated carbocycles. The lowest BCUT2D eigenvalue weighted by atomic mass is 10.3. The fourth-order valence-corrected chi connectivity index (χ4v) is 2.55. The molecule has 0 radical (unpaired) electrons. The molecule has 0 aromatic rings. The van der Waals surface area contributed by atoms with Gasteiger partial charge in [0, 0.05) is 26.2 Å². The molecule has 0 aliphatic carbocycles. The van der Waals surface area contributed by atoms with Crippen LogP contribution in [-0.2, 0) is 28.5 Å². The van der Waals surface area contributed by atoms with Crippen molar-refractivity contribution < 1.29 is 28.5 Å². The summed E-state index contributed by atoms with van der Waals surface area (Å²) in [5.41, 5.74) is 0. The molecule has 0 aromatic heterocycles. The van der Waals surface area contributed by atoms with Gasteiger partial charge in [-0.1, -0.05) is 0 Å². The number of unbranched alkanes of at least 4 members (excludes halogenated alkanes) is 1. The maximum Gasteiger partial charge on any atom is 0.320 e. The van der Waals surface area contributed by atoms with Crippen LogP contribution in [0.25, 0.3) is 0 Å². The van der Waals surface area contributed by atoms with Crippen LogP contribution in [0, 0.1) is 0 Å². The van der Waals surface area contributed by atoms with Crippen LogP contribution in [-0.4, -0.2) is 101 Å². The molecule has 8 heteroatoms. The largest absolute Gasteiger partial charge is 0.465 e. The Hall–Kier alpha value is -1.22. The second kappa shape index (κ2) is 11.4. The third-order valence-corrected chi connectivity index (χ3v) is 3.98. The maximum atomic E-state index is 11.7. The van der Waals surface area contributed by atoms with Crippen LogP contribution in [0.4, 0.5) is 0 Å². The summed E-state index contributed by atoms with van der Waals surface area (Å²) in [6, 6.07) is 0. The highest BCUT2D eigenvalue weighted by Gasteiger charge is 2.16. The molecule has 138 valence electrons. The van der Waals surface area contributed by atoms with E-state index in [9.17, 15) is 9.59 Å². The van der Waals surface area contributed by atoms with Crippen molar-refractivity contribution in [3.63, 3.8) is 0 Å². The topological polar surface area (TPSA) is 77.5 Å². The van der Waals surface area contributed by atoms with Gasteiger partial charge >= 0.3 is 11.9 Å². The second-order valence-corrected chi connectivity index (χ2v) is 5.93. The van der Waals surface area contributed by atoms with E-state index in [1.54, 1.807) is 0 Å². The summed E-state index contributed by atoms with van der Waals surface area (Å²) in [5.74, 6) is -0.414. The molecule has 24 heavy (non-hydrogen) atoms. The molecule has 0 amide bonds. The minimum atomic E-state index is -0.207. The molecule has 0 unspecified atom stereocenters. The summed E-state index contributed by atoms with van der Waals surface area (Å²) in [4.78, 5) is 27.4. The van der Waals surface area contributed by atoms with Crippen molar-refractivity contribution in [1.82, 2.24) is 9.80 Å². The maximum absolute atomic E-state index is 11.7. The number of nitrogens with zero attached hydrogens (tertiary/aromatic N) is 2.